The SMILES string of the molecule is Cc1cc(C)cc(-c2c3[nH]ccc3cn2OC2C(Oc3ccc4c(=O)c(-c5ccc(O)cc5)coc4c3)OC(COC(=O)C(C(=O)O)C3NCCCC3CO)C(O)C2O)c1. The summed E-state index contributed by atoms with van der Waals surface area (Å²) in [7, 11) is 0. The number of aromatic nitrogens is 2. The van der Waals surface area contributed by atoms with E-state index in [9.17, 15) is 39.9 Å². The van der Waals surface area contributed by atoms with E-state index < -0.39 is 67.1 Å². The first kappa shape index (κ1) is 40.6. The standard InChI is InChI=1S/C44H45N3O13/c1-22-14-23(2)16-27(15-22)37-36-25(11-13-46-36)18-47(37)60-41-40(52)39(51)33(21-57-43(55)34(42(53)54)35-26(19-48)4-3-12-45-35)59-44(41)58-29-9-10-30-32(17-29)56-20-31(38(30)50)24-5-7-28(49)8-6-24/h5-11,13-18,20,26,33-35,39-41,44-46,48-49,51-52H,3-4,12,19,21H2,1-2H3,(H,53,54). The van der Waals surface area contributed by atoms with Crippen LogP contribution in [-0.4, -0.2) is 104 Å². The molecule has 8 atom stereocenters. The number of aliphatic hydroxyl groups excluding tert-OH is 3. The van der Waals surface area contributed by atoms with Gasteiger partial charge in [0, 0.05) is 35.9 Å². The van der Waals surface area contributed by atoms with E-state index in [1.54, 1.807) is 24.5 Å². The van der Waals surface area contributed by atoms with Crippen LogP contribution in [0.2, 0.25) is 0 Å². The summed E-state index contributed by atoms with van der Waals surface area (Å²) in [4.78, 5) is 49.0. The second-order valence-electron chi connectivity index (χ2n) is 15.4. The van der Waals surface area contributed by atoms with E-state index in [-0.39, 0.29) is 40.1 Å². The Labute approximate surface area is 342 Å². The Balaban J connectivity index is 1.11. The van der Waals surface area contributed by atoms with Crippen molar-refractivity contribution in [1.82, 2.24) is 15.0 Å². The molecule has 6 aromatic rings. The average molecular weight is 824 g/mol. The van der Waals surface area contributed by atoms with Gasteiger partial charge in [0.15, 0.2) is 11.3 Å². The molecule has 314 valence electrons. The van der Waals surface area contributed by atoms with Gasteiger partial charge in [0.2, 0.25) is 12.4 Å². The predicted octanol–water partition coefficient (Wildman–Crippen LogP) is 3.66. The maximum Gasteiger partial charge on any atom is 0.322 e. The fraction of sp³-hybridized carbons (Fsp3) is 0.341. The Kier molecular flexibility index (Phi) is 11.4. The molecule has 0 radical (unpaired) electrons. The van der Waals surface area contributed by atoms with E-state index in [2.05, 4.69) is 10.3 Å². The molecule has 16 heteroatoms. The van der Waals surface area contributed by atoms with Crippen molar-refractivity contribution >= 4 is 33.8 Å². The Bertz CT molecular complexity index is 2560. The quantitative estimate of drug-likeness (QED) is 0.0690. The number of hydrogen-bond acceptors (Lipinski definition) is 13. The molecule has 5 heterocycles. The molecular formula is C44H45N3O13. The third-order valence-electron chi connectivity index (χ3n) is 11.2. The Hall–Kier alpha value is -6.17. The molecule has 0 saturated carbocycles. The number of phenols is 1. The second kappa shape index (κ2) is 16.8. The van der Waals surface area contributed by atoms with Crippen LogP contribution in [0.25, 0.3) is 44.3 Å². The van der Waals surface area contributed by atoms with Crippen molar-refractivity contribution in [3.05, 3.63) is 107 Å². The number of carboxylic acids is 1. The van der Waals surface area contributed by atoms with Gasteiger partial charge in [-0.1, -0.05) is 29.3 Å². The number of hydrogen-bond donors (Lipinski definition) is 7. The molecule has 3 aromatic heterocycles. The van der Waals surface area contributed by atoms with Crippen LogP contribution in [0.3, 0.4) is 0 Å². The second-order valence-corrected chi connectivity index (χ2v) is 15.4. The van der Waals surface area contributed by atoms with E-state index >= 15 is 0 Å². The number of aliphatic hydroxyl groups is 3. The van der Waals surface area contributed by atoms with Crippen LogP contribution in [-0.2, 0) is 19.1 Å². The number of esters is 1. The molecule has 0 amide bonds. The van der Waals surface area contributed by atoms with Crippen LogP contribution in [0.15, 0.2) is 94.6 Å². The number of piperidine rings is 1. The van der Waals surface area contributed by atoms with Gasteiger partial charge in [-0.05, 0) is 87.2 Å². The number of carbonyl (C=O) groups excluding carboxylic acids is 1. The molecule has 60 heavy (non-hydrogen) atoms. The van der Waals surface area contributed by atoms with Crippen molar-refractivity contribution < 1.29 is 58.6 Å². The van der Waals surface area contributed by atoms with Crippen LogP contribution >= 0.6 is 0 Å². The Morgan fingerprint density at radius 2 is 1.75 bits per heavy atom. The molecule has 7 N–H and O–H groups in total. The van der Waals surface area contributed by atoms with E-state index in [1.165, 1.54) is 41.3 Å². The topological polar surface area (TPSA) is 235 Å². The summed E-state index contributed by atoms with van der Waals surface area (Å²) in [6.07, 6.45) is -1.80. The number of carbonyl (C=O) groups is 2. The van der Waals surface area contributed by atoms with Crippen LogP contribution in [0, 0.1) is 25.7 Å². The van der Waals surface area contributed by atoms with E-state index in [4.69, 9.17) is 23.5 Å². The zero-order valence-electron chi connectivity index (χ0n) is 32.7. The number of nitrogens with zero attached hydrogens (tertiary/aromatic N) is 1. The van der Waals surface area contributed by atoms with E-state index in [1.807, 2.05) is 38.1 Å². The summed E-state index contributed by atoms with van der Waals surface area (Å²) >= 11 is 0. The molecule has 2 saturated heterocycles. The average Bonchev–Trinajstić information content (AvgIpc) is 3.82. The van der Waals surface area contributed by atoms with Gasteiger partial charge in [-0.25, -0.2) is 0 Å². The number of benzene rings is 3. The summed E-state index contributed by atoms with van der Waals surface area (Å²) in [5.74, 6) is -4.55. The van der Waals surface area contributed by atoms with Crippen molar-refractivity contribution in [3.8, 4) is 33.9 Å². The van der Waals surface area contributed by atoms with Crippen LogP contribution in [0.5, 0.6) is 11.5 Å². The summed E-state index contributed by atoms with van der Waals surface area (Å²) in [5.41, 5.74) is 4.81. The van der Waals surface area contributed by atoms with Gasteiger partial charge < -0.3 is 59.3 Å². The third-order valence-corrected chi connectivity index (χ3v) is 11.2. The molecule has 16 nitrogen and oxygen atoms in total. The lowest BCUT2D eigenvalue weighted by Crippen LogP contribution is -2.63. The number of phenolic OH excluding ortho intramolecular Hbond substituents is 1. The third kappa shape index (κ3) is 7.94. The first-order valence-electron chi connectivity index (χ1n) is 19.6. The van der Waals surface area contributed by atoms with E-state index in [0.717, 1.165) is 27.6 Å². The van der Waals surface area contributed by atoms with Gasteiger partial charge in [-0.2, -0.15) is 4.73 Å². The summed E-state index contributed by atoms with van der Waals surface area (Å²) in [6.45, 7) is 3.40. The van der Waals surface area contributed by atoms with Gasteiger partial charge in [0.1, 0.15) is 54.0 Å². The highest BCUT2D eigenvalue weighted by molar-refractivity contribution is 5.95. The van der Waals surface area contributed by atoms with E-state index in [0.29, 0.717) is 30.6 Å². The molecule has 8 unspecified atom stereocenters. The highest BCUT2D eigenvalue weighted by atomic mass is 16.8. The zero-order chi connectivity index (χ0) is 42.2. The van der Waals surface area contributed by atoms with Crippen LogP contribution in [0.1, 0.15) is 24.0 Å². The fourth-order valence-electron chi connectivity index (χ4n) is 8.23. The van der Waals surface area contributed by atoms with Crippen molar-refractivity contribution in [2.45, 2.75) is 63.4 Å². The number of nitrogens with one attached hydrogen (secondary N) is 2. The number of aryl methyl sites for hydroxylation is 2. The number of H-pyrrole nitrogens is 1. The summed E-state index contributed by atoms with van der Waals surface area (Å²) < 4.78 is 25.3. The van der Waals surface area contributed by atoms with Gasteiger partial charge in [0.05, 0.1) is 22.7 Å². The smallest absolute Gasteiger partial charge is 0.322 e. The Morgan fingerprint density at radius 1 is 0.983 bits per heavy atom. The summed E-state index contributed by atoms with van der Waals surface area (Å²) in [6, 6.07) is 17.5. The lowest BCUT2D eigenvalue weighted by Gasteiger charge is -2.42. The van der Waals surface area contributed by atoms with Crippen molar-refractivity contribution in [3.63, 3.8) is 0 Å². The number of rotatable bonds is 12. The first-order chi connectivity index (χ1) is 28.9. The van der Waals surface area contributed by atoms with Crippen LogP contribution in [0.4, 0.5) is 0 Å². The minimum absolute atomic E-state index is 0.0456. The minimum Gasteiger partial charge on any atom is -0.508 e. The number of aromatic hydroxyl groups is 1. The van der Waals surface area contributed by atoms with Crippen molar-refractivity contribution in [1.29, 1.82) is 0 Å². The van der Waals surface area contributed by atoms with Crippen molar-refractivity contribution in [2.75, 3.05) is 19.8 Å². The highest BCUT2D eigenvalue weighted by Crippen LogP contribution is 2.34. The number of aromatic amines is 1. The lowest BCUT2D eigenvalue weighted by atomic mass is 9.83. The summed E-state index contributed by atoms with van der Waals surface area (Å²) in [5, 5.41) is 57.0. The van der Waals surface area contributed by atoms with Gasteiger partial charge >= 0.3 is 11.9 Å². The molecular weight excluding hydrogens is 778 g/mol. The molecule has 0 bridgehead atoms. The lowest BCUT2D eigenvalue weighted by molar-refractivity contribution is -0.288. The number of ether oxygens (including phenoxy) is 3. The minimum atomic E-state index is -1.72. The zero-order valence-corrected chi connectivity index (χ0v) is 32.7. The largest absolute Gasteiger partial charge is 0.508 e. The van der Waals surface area contributed by atoms with Gasteiger partial charge in [-0.15, -0.1) is 0 Å². The fourth-order valence-corrected chi connectivity index (χ4v) is 8.23. The molecule has 2 aliphatic heterocycles. The molecule has 0 spiro atoms. The van der Waals surface area contributed by atoms with Gasteiger partial charge in [-0.3, -0.25) is 14.4 Å². The van der Waals surface area contributed by atoms with Gasteiger partial charge in [0.25, 0.3) is 0 Å². The van der Waals surface area contributed by atoms with Crippen LogP contribution < -0.4 is 20.3 Å². The first-order valence-corrected chi connectivity index (χ1v) is 19.6. The monoisotopic (exact) mass is 823 g/mol. The molecule has 8 rings (SSSR count). The molecule has 2 aliphatic rings. The molecule has 2 fully saturated rings. The molecule has 3 aromatic carbocycles. The predicted molar refractivity (Wildman–Crippen MR) is 216 cm³/mol. The number of fused-ring (bicyclic) bond motifs is 2. The number of carboxylic acid groups (broad SMARTS) is 1. The molecule has 0 aliphatic carbocycles. The maximum absolute atomic E-state index is 13.5. The normalized spacial score (nSPS) is 23.6. The number of aliphatic carboxylic acids is 1. The Morgan fingerprint density at radius 3 is 2.48 bits per heavy atom. The highest BCUT2D eigenvalue weighted by Gasteiger charge is 2.50. The maximum atomic E-state index is 13.5. The van der Waals surface area contributed by atoms with Crippen molar-refractivity contribution in [2.24, 2.45) is 11.8 Å².